The second-order valence-corrected chi connectivity index (χ2v) is 5.24. The Hall–Kier alpha value is -1.88. The number of carbonyl (C=O) groups excluding carboxylic acids is 1. The first-order chi connectivity index (χ1) is 10.0. The zero-order valence-electron chi connectivity index (χ0n) is 11.3. The molecule has 5 heteroatoms. The van der Waals surface area contributed by atoms with Crippen molar-refractivity contribution < 1.29 is 13.6 Å². The molecule has 2 aromatic rings. The molecule has 2 rings (SSSR count). The minimum atomic E-state index is -0.608. The van der Waals surface area contributed by atoms with Crippen molar-refractivity contribution in [3.63, 3.8) is 0 Å². The van der Waals surface area contributed by atoms with Gasteiger partial charge in [-0.15, -0.1) is 12.6 Å². The minimum absolute atomic E-state index is 0.126. The SMILES string of the molecule is O=C(Cc1ccc(S)cc1)NCCc1cc(F)cc(F)c1. The van der Waals surface area contributed by atoms with E-state index < -0.39 is 11.6 Å². The molecule has 0 aliphatic rings. The topological polar surface area (TPSA) is 29.1 Å². The maximum Gasteiger partial charge on any atom is 0.224 e. The predicted molar refractivity (Wildman–Crippen MR) is 80.5 cm³/mol. The Labute approximate surface area is 127 Å². The third-order valence-electron chi connectivity index (χ3n) is 2.96. The first-order valence-electron chi connectivity index (χ1n) is 6.52. The average Bonchev–Trinajstić information content (AvgIpc) is 2.40. The van der Waals surface area contributed by atoms with E-state index in [1.165, 1.54) is 12.1 Å². The van der Waals surface area contributed by atoms with E-state index in [0.717, 1.165) is 16.5 Å². The number of hydrogen-bond donors (Lipinski definition) is 2. The molecule has 0 atom stereocenters. The lowest BCUT2D eigenvalue weighted by Gasteiger charge is -2.06. The smallest absolute Gasteiger partial charge is 0.224 e. The Morgan fingerprint density at radius 3 is 2.24 bits per heavy atom. The van der Waals surface area contributed by atoms with E-state index in [2.05, 4.69) is 17.9 Å². The van der Waals surface area contributed by atoms with E-state index in [9.17, 15) is 13.6 Å². The highest BCUT2D eigenvalue weighted by atomic mass is 32.1. The molecule has 2 aromatic carbocycles. The summed E-state index contributed by atoms with van der Waals surface area (Å²) in [6.45, 7) is 0.340. The molecule has 0 radical (unpaired) electrons. The Morgan fingerprint density at radius 1 is 1.00 bits per heavy atom. The summed E-state index contributed by atoms with van der Waals surface area (Å²) >= 11 is 4.17. The molecule has 0 heterocycles. The lowest BCUT2D eigenvalue weighted by Crippen LogP contribution is -2.27. The number of rotatable bonds is 5. The van der Waals surface area contributed by atoms with Crippen molar-refractivity contribution in [2.75, 3.05) is 6.54 Å². The molecule has 0 fully saturated rings. The Kier molecular flexibility index (Phi) is 5.33. The highest BCUT2D eigenvalue weighted by molar-refractivity contribution is 7.80. The van der Waals surface area contributed by atoms with Crippen molar-refractivity contribution in [3.8, 4) is 0 Å². The number of halogens is 2. The van der Waals surface area contributed by atoms with Crippen molar-refractivity contribution >= 4 is 18.5 Å². The quantitative estimate of drug-likeness (QED) is 0.816. The summed E-state index contributed by atoms with van der Waals surface area (Å²) in [5.74, 6) is -1.34. The van der Waals surface area contributed by atoms with Crippen molar-refractivity contribution in [2.24, 2.45) is 0 Å². The van der Waals surface area contributed by atoms with Gasteiger partial charge in [-0.3, -0.25) is 4.79 Å². The van der Waals surface area contributed by atoms with Gasteiger partial charge in [0, 0.05) is 17.5 Å². The molecule has 0 unspecified atom stereocenters. The molecule has 110 valence electrons. The summed E-state index contributed by atoms with van der Waals surface area (Å²) in [6, 6.07) is 10.7. The van der Waals surface area contributed by atoms with E-state index in [1.54, 1.807) is 0 Å². The standard InChI is InChI=1S/C16H15F2NOS/c17-13-7-12(8-14(18)10-13)5-6-19-16(20)9-11-1-3-15(21)4-2-11/h1-4,7-8,10,21H,5-6,9H2,(H,19,20). The third-order valence-corrected chi connectivity index (χ3v) is 3.26. The summed E-state index contributed by atoms with van der Waals surface area (Å²) in [5, 5.41) is 2.73. The molecule has 1 amide bonds. The van der Waals surface area contributed by atoms with Gasteiger partial charge >= 0.3 is 0 Å². The zero-order valence-corrected chi connectivity index (χ0v) is 12.2. The van der Waals surface area contributed by atoms with Crippen LogP contribution in [0.1, 0.15) is 11.1 Å². The van der Waals surface area contributed by atoms with E-state index >= 15 is 0 Å². The first kappa shape index (κ1) is 15.5. The van der Waals surface area contributed by atoms with Crippen LogP contribution in [0.4, 0.5) is 8.78 Å². The van der Waals surface area contributed by atoms with Crippen LogP contribution >= 0.6 is 12.6 Å². The van der Waals surface area contributed by atoms with Crippen LogP contribution in [0.5, 0.6) is 0 Å². The van der Waals surface area contributed by atoms with E-state index in [-0.39, 0.29) is 12.3 Å². The van der Waals surface area contributed by atoms with E-state index in [0.29, 0.717) is 18.5 Å². The Morgan fingerprint density at radius 2 is 1.62 bits per heavy atom. The van der Waals surface area contributed by atoms with Crippen LogP contribution in [0.3, 0.4) is 0 Å². The van der Waals surface area contributed by atoms with Gasteiger partial charge in [0.25, 0.3) is 0 Å². The number of nitrogens with one attached hydrogen (secondary N) is 1. The molecular weight excluding hydrogens is 292 g/mol. The summed E-state index contributed by atoms with van der Waals surface area (Å²) in [5.41, 5.74) is 1.41. The van der Waals surface area contributed by atoms with Gasteiger partial charge in [0.05, 0.1) is 6.42 Å². The fourth-order valence-electron chi connectivity index (χ4n) is 1.96. The fourth-order valence-corrected chi connectivity index (χ4v) is 2.11. The van der Waals surface area contributed by atoms with Gasteiger partial charge in [-0.1, -0.05) is 12.1 Å². The van der Waals surface area contributed by atoms with E-state index in [4.69, 9.17) is 0 Å². The van der Waals surface area contributed by atoms with Crippen molar-refractivity contribution in [3.05, 3.63) is 65.2 Å². The zero-order chi connectivity index (χ0) is 15.2. The Bertz CT molecular complexity index is 608. The maximum atomic E-state index is 13.0. The molecule has 2 nitrogen and oxygen atoms in total. The van der Waals surface area contributed by atoms with Crippen molar-refractivity contribution in [1.82, 2.24) is 5.32 Å². The van der Waals surface area contributed by atoms with Gasteiger partial charge in [0.15, 0.2) is 0 Å². The van der Waals surface area contributed by atoms with Gasteiger partial charge in [0.1, 0.15) is 11.6 Å². The fraction of sp³-hybridized carbons (Fsp3) is 0.188. The third kappa shape index (κ3) is 5.19. The van der Waals surface area contributed by atoms with Gasteiger partial charge in [-0.25, -0.2) is 8.78 Å². The van der Waals surface area contributed by atoms with Crippen LogP contribution in [0.25, 0.3) is 0 Å². The molecule has 0 bridgehead atoms. The van der Waals surface area contributed by atoms with Gasteiger partial charge in [-0.2, -0.15) is 0 Å². The van der Waals surface area contributed by atoms with Crippen molar-refractivity contribution in [2.45, 2.75) is 17.7 Å². The van der Waals surface area contributed by atoms with Crippen LogP contribution in [-0.4, -0.2) is 12.5 Å². The summed E-state index contributed by atoms with van der Waals surface area (Å²) in [4.78, 5) is 12.6. The van der Waals surface area contributed by atoms with Crippen LogP contribution < -0.4 is 5.32 Å². The summed E-state index contributed by atoms with van der Waals surface area (Å²) < 4.78 is 26.0. The number of benzene rings is 2. The molecule has 0 aromatic heterocycles. The first-order valence-corrected chi connectivity index (χ1v) is 6.97. The molecule has 0 spiro atoms. The monoisotopic (exact) mass is 307 g/mol. The highest BCUT2D eigenvalue weighted by Gasteiger charge is 2.04. The van der Waals surface area contributed by atoms with Gasteiger partial charge < -0.3 is 5.32 Å². The van der Waals surface area contributed by atoms with Gasteiger partial charge in [-0.05, 0) is 41.8 Å². The van der Waals surface area contributed by atoms with Gasteiger partial charge in [0.2, 0.25) is 5.91 Å². The lowest BCUT2D eigenvalue weighted by molar-refractivity contribution is -0.120. The molecule has 21 heavy (non-hydrogen) atoms. The minimum Gasteiger partial charge on any atom is -0.355 e. The Balaban J connectivity index is 1.80. The number of thiol groups is 1. The average molecular weight is 307 g/mol. The maximum absolute atomic E-state index is 13.0. The predicted octanol–water partition coefficient (Wildman–Crippen LogP) is 3.15. The molecule has 0 saturated heterocycles. The number of carbonyl (C=O) groups is 1. The van der Waals surface area contributed by atoms with E-state index in [1.807, 2.05) is 24.3 Å². The summed E-state index contributed by atoms with van der Waals surface area (Å²) in [6.07, 6.45) is 0.654. The molecule has 0 saturated carbocycles. The summed E-state index contributed by atoms with van der Waals surface area (Å²) in [7, 11) is 0. The molecule has 0 aliphatic heterocycles. The van der Waals surface area contributed by atoms with Crippen LogP contribution in [0, 0.1) is 11.6 Å². The largest absolute Gasteiger partial charge is 0.355 e. The van der Waals surface area contributed by atoms with Crippen LogP contribution in [0.15, 0.2) is 47.4 Å². The second kappa shape index (κ2) is 7.22. The molecular formula is C16H15F2NOS. The second-order valence-electron chi connectivity index (χ2n) is 4.72. The van der Waals surface area contributed by atoms with Crippen molar-refractivity contribution in [1.29, 1.82) is 0 Å². The van der Waals surface area contributed by atoms with Crippen LogP contribution in [-0.2, 0) is 17.6 Å². The molecule has 0 aliphatic carbocycles. The number of hydrogen-bond acceptors (Lipinski definition) is 2. The molecule has 1 N–H and O–H groups in total. The number of amides is 1. The lowest BCUT2D eigenvalue weighted by atomic mass is 10.1. The highest BCUT2D eigenvalue weighted by Crippen LogP contribution is 2.09. The van der Waals surface area contributed by atoms with Crippen LogP contribution in [0.2, 0.25) is 0 Å². The normalized spacial score (nSPS) is 10.4.